The number of ketones is 1. The van der Waals surface area contributed by atoms with Gasteiger partial charge in [-0.2, -0.15) is 26.3 Å². The lowest BCUT2D eigenvalue weighted by molar-refractivity contribution is -0.323. The first-order chi connectivity index (χ1) is 10.8. The van der Waals surface area contributed by atoms with Gasteiger partial charge in [-0.15, -0.1) is 0 Å². The van der Waals surface area contributed by atoms with Gasteiger partial charge in [-0.25, -0.2) is 13.6 Å². The summed E-state index contributed by atoms with van der Waals surface area (Å²) in [7, 11) is 0. The minimum atomic E-state index is -6.65. The molecular weight excluding hydrogens is 354 g/mol. The number of hydrogen-bond acceptors (Lipinski definition) is 2. The van der Waals surface area contributed by atoms with E-state index in [4.69, 9.17) is 6.57 Å². The molecule has 0 bridgehead atoms. The number of carbonyl (C=O) groups excluding carboxylic acids is 1. The number of allylic oxidation sites excluding steroid dienone is 1. The standard InChI is InChI=1S/C13H5F8NO2/c1-22-8-3-2-6(4-7(8)14)9(23)5-10(24)11(15,12(16,17)18)13(19,20)21/h2-5,23H/p-1/b9-5-. The number of carbonyl (C=O) groups is 1. The van der Waals surface area contributed by atoms with Crippen molar-refractivity contribution in [2.45, 2.75) is 18.0 Å². The molecule has 0 unspecified atom stereocenters. The SMILES string of the molecule is [C-]#[N+]c1ccc(/C([O-])=C/C(=O)C(F)(C(F)(F)F)C(F)(F)F)cc1F. The van der Waals surface area contributed by atoms with Gasteiger partial charge in [0.05, 0.1) is 6.57 Å². The van der Waals surface area contributed by atoms with Crippen molar-refractivity contribution in [2.24, 2.45) is 0 Å². The minimum Gasteiger partial charge on any atom is -0.872 e. The van der Waals surface area contributed by atoms with Crippen molar-refractivity contribution in [3.8, 4) is 0 Å². The number of halogens is 8. The van der Waals surface area contributed by atoms with Crippen molar-refractivity contribution >= 4 is 17.2 Å². The first-order valence-corrected chi connectivity index (χ1v) is 5.68. The van der Waals surface area contributed by atoms with Crippen LogP contribution in [0.4, 0.5) is 40.8 Å². The summed E-state index contributed by atoms with van der Waals surface area (Å²) in [4.78, 5) is 13.8. The van der Waals surface area contributed by atoms with Crippen LogP contribution in [-0.2, 0) is 4.79 Å². The smallest absolute Gasteiger partial charge is 0.439 e. The fraction of sp³-hybridized carbons (Fsp3) is 0.231. The molecule has 0 aliphatic carbocycles. The van der Waals surface area contributed by atoms with Gasteiger partial charge in [0, 0.05) is 0 Å². The van der Waals surface area contributed by atoms with Gasteiger partial charge in [0.2, 0.25) is 11.5 Å². The highest BCUT2D eigenvalue weighted by Gasteiger charge is 2.76. The molecule has 0 radical (unpaired) electrons. The summed E-state index contributed by atoms with van der Waals surface area (Å²) >= 11 is 0. The molecule has 0 heterocycles. The Morgan fingerprint density at radius 3 is 1.96 bits per heavy atom. The van der Waals surface area contributed by atoms with E-state index >= 15 is 0 Å². The zero-order chi connectivity index (χ0) is 18.9. The number of nitrogens with zero attached hydrogens (tertiary/aromatic N) is 1. The van der Waals surface area contributed by atoms with Gasteiger partial charge in [0.25, 0.3) is 0 Å². The molecule has 0 saturated heterocycles. The zero-order valence-corrected chi connectivity index (χ0v) is 11.1. The normalized spacial score (nSPS) is 13.5. The number of benzene rings is 1. The molecule has 0 aromatic heterocycles. The molecule has 24 heavy (non-hydrogen) atoms. The molecular formula is C13H4F8NO2-. The van der Waals surface area contributed by atoms with E-state index in [1.54, 1.807) is 0 Å². The fourth-order valence-corrected chi connectivity index (χ4v) is 1.49. The molecule has 1 aromatic carbocycles. The van der Waals surface area contributed by atoms with Gasteiger partial charge in [-0.1, -0.05) is 17.9 Å². The van der Waals surface area contributed by atoms with Gasteiger partial charge < -0.3 is 5.11 Å². The average Bonchev–Trinajstić information content (AvgIpc) is 2.43. The maximum absolute atomic E-state index is 13.4. The Kier molecular flexibility index (Phi) is 4.94. The quantitative estimate of drug-likeness (QED) is 0.359. The van der Waals surface area contributed by atoms with Crippen LogP contribution in [0.5, 0.6) is 0 Å². The predicted molar refractivity (Wildman–Crippen MR) is 61.6 cm³/mol. The van der Waals surface area contributed by atoms with Gasteiger partial charge in [-0.3, -0.25) is 4.79 Å². The molecule has 1 rings (SSSR count). The van der Waals surface area contributed by atoms with E-state index in [9.17, 15) is 45.0 Å². The van der Waals surface area contributed by atoms with Gasteiger partial charge in [0.1, 0.15) is 5.82 Å². The van der Waals surface area contributed by atoms with E-state index in [2.05, 4.69) is 4.85 Å². The molecule has 130 valence electrons. The van der Waals surface area contributed by atoms with Gasteiger partial charge in [-0.05, 0) is 17.7 Å². The third-order valence-electron chi connectivity index (χ3n) is 2.74. The van der Waals surface area contributed by atoms with Crippen LogP contribution in [0.3, 0.4) is 0 Å². The van der Waals surface area contributed by atoms with Crippen LogP contribution in [0.2, 0.25) is 0 Å². The van der Waals surface area contributed by atoms with E-state index in [0.717, 1.165) is 0 Å². The molecule has 1 aromatic rings. The summed E-state index contributed by atoms with van der Waals surface area (Å²) in [6, 6.07) is 1.72. The Labute approximate surface area is 128 Å². The Bertz CT molecular complexity index is 713. The van der Waals surface area contributed by atoms with Crippen LogP contribution >= 0.6 is 0 Å². The first kappa shape index (κ1) is 19.4. The molecule has 0 amide bonds. The van der Waals surface area contributed by atoms with Crippen LogP contribution < -0.4 is 5.11 Å². The topological polar surface area (TPSA) is 44.5 Å². The Morgan fingerprint density at radius 2 is 1.58 bits per heavy atom. The summed E-state index contributed by atoms with van der Waals surface area (Å²) in [6.07, 6.45) is -14.1. The Balaban J connectivity index is 3.35. The lowest BCUT2D eigenvalue weighted by atomic mass is 9.97. The van der Waals surface area contributed by atoms with E-state index in [0.29, 0.717) is 18.2 Å². The van der Waals surface area contributed by atoms with Crippen molar-refractivity contribution in [1.82, 2.24) is 0 Å². The zero-order valence-electron chi connectivity index (χ0n) is 11.1. The second-order valence-electron chi connectivity index (χ2n) is 4.30. The third kappa shape index (κ3) is 3.32. The first-order valence-electron chi connectivity index (χ1n) is 5.68. The van der Waals surface area contributed by atoms with Crippen molar-refractivity contribution < 1.29 is 45.0 Å². The molecule has 0 aliphatic rings. The number of alkyl halides is 7. The predicted octanol–water partition coefficient (Wildman–Crippen LogP) is 3.48. The van der Waals surface area contributed by atoms with Crippen LogP contribution in [0.25, 0.3) is 10.6 Å². The fourth-order valence-electron chi connectivity index (χ4n) is 1.49. The molecule has 0 fully saturated rings. The molecule has 0 aliphatic heterocycles. The van der Waals surface area contributed by atoms with E-state index < -0.39 is 52.7 Å². The van der Waals surface area contributed by atoms with Gasteiger partial charge >= 0.3 is 18.0 Å². The molecule has 11 heteroatoms. The highest BCUT2D eigenvalue weighted by molar-refractivity contribution is 6.02. The monoisotopic (exact) mass is 358 g/mol. The third-order valence-corrected chi connectivity index (χ3v) is 2.74. The second kappa shape index (κ2) is 6.10. The number of rotatable bonds is 3. The van der Waals surface area contributed by atoms with Crippen LogP contribution in [0, 0.1) is 12.4 Å². The number of hydrogen-bond donors (Lipinski definition) is 0. The Hall–Kier alpha value is -2.64. The van der Waals surface area contributed by atoms with Crippen LogP contribution in [-0.4, -0.2) is 23.8 Å². The minimum absolute atomic E-state index is 0.320. The summed E-state index contributed by atoms with van der Waals surface area (Å²) in [5, 5.41) is 11.5. The Morgan fingerprint density at radius 1 is 1.08 bits per heavy atom. The van der Waals surface area contributed by atoms with E-state index in [-0.39, 0.29) is 0 Å². The summed E-state index contributed by atoms with van der Waals surface area (Å²) in [5.41, 5.74) is -7.69. The average molecular weight is 358 g/mol. The largest absolute Gasteiger partial charge is 0.872 e. The van der Waals surface area contributed by atoms with E-state index in [1.807, 2.05) is 0 Å². The lowest BCUT2D eigenvalue weighted by Crippen LogP contribution is -2.58. The van der Waals surface area contributed by atoms with E-state index in [1.165, 1.54) is 0 Å². The summed E-state index contributed by atoms with van der Waals surface area (Å²) in [6.45, 7) is 6.53. The molecule has 3 nitrogen and oxygen atoms in total. The second-order valence-corrected chi connectivity index (χ2v) is 4.30. The van der Waals surface area contributed by atoms with Crippen molar-refractivity contribution in [3.63, 3.8) is 0 Å². The summed E-state index contributed by atoms with van der Waals surface area (Å²) in [5.74, 6) is -6.28. The maximum Gasteiger partial charge on any atom is 0.439 e. The molecule has 0 spiro atoms. The van der Waals surface area contributed by atoms with Crippen LogP contribution in [0.15, 0.2) is 24.3 Å². The molecule has 0 saturated carbocycles. The van der Waals surface area contributed by atoms with Crippen molar-refractivity contribution in [3.05, 3.63) is 47.1 Å². The van der Waals surface area contributed by atoms with Crippen molar-refractivity contribution in [2.75, 3.05) is 0 Å². The lowest BCUT2D eigenvalue weighted by Gasteiger charge is -2.28. The summed E-state index contributed by atoms with van der Waals surface area (Å²) < 4.78 is 101. The molecule has 0 atom stereocenters. The van der Waals surface area contributed by atoms with Crippen LogP contribution in [0.1, 0.15) is 5.56 Å². The van der Waals surface area contributed by atoms with Crippen molar-refractivity contribution in [1.29, 1.82) is 0 Å². The highest BCUT2D eigenvalue weighted by atomic mass is 19.4. The van der Waals surface area contributed by atoms with Gasteiger partial charge in [0.15, 0.2) is 0 Å². The highest BCUT2D eigenvalue weighted by Crippen LogP contribution is 2.47. The molecule has 0 N–H and O–H groups in total. The maximum atomic E-state index is 13.4.